The Balaban J connectivity index is 1.85. The van der Waals surface area contributed by atoms with Crippen molar-refractivity contribution in [1.29, 1.82) is 0 Å². The van der Waals surface area contributed by atoms with Crippen LogP contribution in [0.3, 0.4) is 0 Å². The minimum atomic E-state index is 0.719. The molecule has 2 aliphatic rings. The normalized spacial score (nSPS) is 22.1. The molecule has 0 spiro atoms. The lowest BCUT2D eigenvalue weighted by molar-refractivity contribution is 0.267. The zero-order chi connectivity index (χ0) is 13.8. The first kappa shape index (κ1) is 14.0. The summed E-state index contributed by atoms with van der Waals surface area (Å²) in [4.78, 5) is 2.27. The maximum atomic E-state index is 4.68. The Bertz CT molecular complexity index is 382. The van der Waals surface area contributed by atoms with Gasteiger partial charge in [-0.15, -0.1) is 0 Å². The third kappa shape index (κ3) is 2.87. The largest absolute Gasteiger partial charge is 0.291 e. The van der Waals surface area contributed by atoms with Crippen molar-refractivity contribution in [3.63, 3.8) is 0 Å². The van der Waals surface area contributed by atoms with Crippen LogP contribution in [0.15, 0.2) is 12.3 Å². The van der Waals surface area contributed by atoms with Gasteiger partial charge in [-0.05, 0) is 38.2 Å². The molecule has 0 aliphatic heterocycles. The quantitative estimate of drug-likeness (QED) is 0.826. The van der Waals surface area contributed by atoms with Crippen molar-refractivity contribution >= 4 is 0 Å². The molecule has 3 nitrogen and oxygen atoms in total. The minimum Gasteiger partial charge on any atom is -0.291 e. The molecule has 2 aliphatic carbocycles. The van der Waals surface area contributed by atoms with Crippen LogP contribution in [0.2, 0.25) is 0 Å². The first-order chi connectivity index (χ1) is 9.90. The van der Waals surface area contributed by atoms with E-state index in [4.69, 9.17) is 0 Å². The highest BCUT2D eigenvalue weighted by Gasteiger charge is 2.30. The zero-order valence-corrected chi connectivity index (χ0v) is 12.9. The van der Waals surface area contributed by atoms with Crippen LogP contribution in [-0.2, 0) is 6.42 Å². The standard InChI is InChI=1S/C17H29N3/c1-2-15-13-14-18-20(15)19(16-9-5-3-6-10-16)17-11-7-4-8-12-17/h13-14,16-17H,2-12H2,1H3. The summed E-state index contributed by atoms with van der Waals surface area (Å²) in [5, 5.41) is 7.36. The first-order valence-corrected chi connectivity index (χ1v) is 8.71. The fourth-order valence-electron chi connectivity index (χ4n) is 4.09. The van der Waals surface area contributed by atoms with Crippen LogP contribution in [0.5, 0.6) is 0 Å². The van der Waals surface area contributed by atoms with E-state index < -0.39 is 0 Å². The Kier molecular flexibility index (Phi) is 4.64. The molecule has 0 amide bonds. The van der Waals surface area contributed by atoms with Gasteiger partial charge in [0.2, 0.25) is 0 Å². The van der Waals surface area contributed by atoms with E-state index in [0.29, 0.717) is 0 Å². The van der Waals surface area contributed by atoms with E-state index in [1.54, 1.807) is 0 Å². The van der Waals surface area contributed by atoms with Crippen molar-refractivity contribution in [1.82, 2.24) is 9.89 Å². The van der Waals surface area contributed by atoms with Gasteiger partial charge in [0, 0.05) is 12.1 Å². The third-order valence-corrected chi connectivity index (χ3v) is 5.18. The highest BCUT2D eigenvalue weighted by Crippen LogP contribution is 2.29. The number of hydrogen-bond acceptors (Lipinski definition) is 2. The number of nitrogens with zero attached hydrogens (tertiary/aromatic N) is 3. The van der Waals surface area contributed by atoms with Crippen molar-refractivity contribution in [2.75, 3.05) is 5.01 Å². The summed E-state index contributed by atoms with van der Waals surface area (Å²) < 4.78 is 0. The van der Waals surface area contributed by atoms with E-state index in [9.17, 15) is 0 Å². The van der Waals surface area contributed by atoms with Crippen LogP contribution < -0.4 is 5.01 Å². The Morgan fingerprint density at radius 2 is 1.55 bits per heavy atom. The van der Waals surface area contributed by atoms with Gasteiger partial charge in [0.15, 0.2) is 0 Å². The van der Waals surface area contributed by atoms with Crippen LogP contribution in [0, 0.1) is 0 Å². The van der Waals surface area contributed by atoms with E-state index in [1.807, 2.05) is 6.20 Å². The number of aryl methyl sites for hydroxylation is 1. The molecule has 3 heteroatoms. The second-order valence-corrected chi connectivity index (χ2v) is 6.53. The van der Waals surface area contributed by atoms with Crippen LogP contribution in [0.1, 0.15) is 76.8 Å². The maximum absolute atomic E-state index is 4.68. The maximum Gasteiger partial charge on any atom is 0.0619 e. The Morgan fingerprint density at radius 1 is 1.00 bits per heavy atom. The molecule has 112 valence electrons. The lowest BCUT2D eigenvalue weighted by atomic mass is 9.90. The van der Waals surface area contributed by atoms with Crippen molar-refractivity contribution in [3.05, 3.63) is 18.0 Å². The highest BCUT2D eigenvalue weighted by molar-refractivity contribution is 5.09. The lowest BCUT2D eigenvalue weighted by Crippen LogP contribution is -2.53. The molecule has 0 atom stereocenters. The molecule has 0 saturated heterocycles. The van der Waals surface area contributed by atoms with Crippen molar-refractivity contribution in [3.8, 4) is 0 Å². The zero-order valence-electron chi connectivity index (χ0n) is 12.9. The molecule has 0 unspecified atom stereocenters. The summed E-state index contributed by atoms with van der Waals surface area (Å²) in [5.41, 5.74) is 1.38. The van der Waals surface area contributed by atoms with Crippen molar-refractivity contribution in [2.45, 2.75) is 89.6 Å². The van der Waals surface area contributed by atoms with E-state index in [0.717, 1.165) is 18.5 Å². The molecule has 0 N–H and O–H groups in total. The van der Waals surface area contributed by atoms with Gasteiger partial charge in [-0.2, -0.15) is 9.89 Å². The van der Waals surface area contributed by atoms with E-state index in [-0.39, 0.29) is 0 Å². The molecule has 1 heterocycles. The monoisotopic (exact) mass is 275 g/mol. The van der Waals surface area contributed by atoms with Crippen LogP contribution in [-0.4, -0.2) is 22.0 Å². The van der Waals surface area contributed by atoms with Crippen LogP contribution in [0.25, 0.3) is 0 Å². The Morgan fingerprint density at radius 3 is 2.05 bits per heavy atom. The molecular formula is C17H29N3. The summed E-state index contributed by atoms with van der Waals surface area (Å²) in [7, 11) is 0. The van der Waals surface area contributed by atoms with E-state index >= 15 is 0 Å². The summed E-state index contributed by atoms with van der Waals surface area (Å²) in [6.45, 7) is 2.24. The fraction of sp³-hybridized carbons (Fsp3) is 0.824. The van der Waals surface area contributed by atoms with Gasteiger partial charge >= 0.3 is 0 Å². The second-order valence-electron chi connectivity index (χ2n) is 6.53. The topological polar surface area (TPSA) is 21.1 Å². The molecule has 0 radical (unpaired) electrons. The van der Waals surface area contributed by atoms with Crippen LogP contribution in [0.4, 0.5) is 0 Å². The molecule has 1 aromatic heterocycles. The molecule has 2 fully saturated rings. The Labute approximate surface area is 123 Å². The Hall–Kier alpha value is -0.990. The molecule has 0 bridgehead atoms. The summed E-state index contributed by atoms with van der Waals surface area (Å²) >= 11 is 0. The van der Waals surface area contributed by atoms with Crippen molar-refractivity contribution in [2.24, 2.45) is 0 Å². The lowest BCUT2D eigenvalue weighted by Gasteiger charge is -2.43. The van der Waals surface area contributed by atoms with Gasteiger partial charge in [-0.1, -0.05) is 45.4 Å². The van der Waals surface area contributed by atoms with Gasteiger partial charge in [-0.3, -0.25) is 5.01 Å². The van der Waals surface area contributed by atoms with Gasteiger partial charge in [0.1, 0.15) is 0 Å². The summed E-state index contributed by atoms with van der Waals surface area (Å²) in [6, 6.07) is 3.63. The molecular weight excluding hydrogens is 246 g/mol. The molecule has 2 saturated carbocycles. The molecule has 20 heavy (non-hydrogen) atoms. The third-order valence-electron chi connectivity index (χ3n) is 5.18. The number of rotatable bonds is 4. The SMILES string of the molecule is CCc1ccnn1N(C1CCCCC1)C1CCCCC1. The number of aromatic nitrogens is 2. The average Bonchev–Trinajstić information content (AvgIpc) is 2.98. The smallest absolute Gasteiger partial charge is 0.0619 e. The fourth-order valence-corrected chi connectivity index (χ4v) is 4.09. The predicted octanol–water partition coefficient (Wildman–Crippen LogP) is 4.05. The van der Waals surface area contributed by atoms with Crippen LogP contribution >= 0.6 is 0 Å². The van der Waals surface area contributed by atoms with Gasteiger partial charge < -0.3 is 0 Å². The van der Waals surface area contributed by atoms with Gasteiger partial charge in [-0.25, -0.2) is 0 Å². The molecule has 1 aromatic rings. The predicted molar refractivity (Wildman–Crippen MR) is 83.6 cm³/mol. The van der Waals surface area contributed by atoms with Gasteiger partial charge in [0.25, 0.3) is 0 Å². The number of hydrogen-bond donors (Lipinski definition) is 0. The molecule has 0 aromatic carbocycles. The van der Waals surface area contributed by atoms with Crippen molar-refractivity contribution < 1.29 is 0 Å². The molecule has 3 rings (SSSR count). The summed E-state index contributed by atoms with van der Waals surface area (Å²) in [6.07, 6.45) is 17.0. The second kappa shape index (κ2) is 6.64. The minimum absolute atomic E-state index is 0.719. The van der Waals surface area contributed by atoms with E-state index in [2.05, 4.69) is 27.9 Å². The van der Waals surface area contributed by atoms with Gasteiger partial charge in [0.05, 0.1) is 11.9 Å². The summed E-state index contributed by atoms with van der Waals surface area (Å²) in [5.74, 6) is 0. The first-order valence-electron chi connectivity index (χ1n) is 8.71. The van der Waals surface area contributed by atoms with E-state index in [1.165, 1.54) is 69.9 Å². The highest BCUT2D eigenvalue weighted by atomic mass is 15.7. The average molecular weight is 275 g/mol.